The van der Waals surface area contributed by atoms with Crippen LogP contribution in [0.1, 0.15) is 64.0 Å². The van der Waals surface area contributed by atoms with Crippen LogP contribution in [-0.4, -0.2) is 24.5 Å². The largest absolute Gasteiger partial charge is 0.465 e. The number of esters is 1. The van der Waals surface area contributed by atoms with E-state index < -0.39 is 0 Å². The monoisotopic (exact) mass is 517 g/mol. The molecule has 3 atom stereocenters. The fourth-order valence-electron chi connectivity index (χ4n) is 5.47. The molecule has 0 amide bonds. The Balaban J connectivity index is 1.51. The van der Waals surface area contributed by atoms with E-state index in [0.717, 1.165) is 18.5 Å². The highest BCUT2D eigenvalue weighted by Crippen LogP contribution is 2.46. The number of fused-ring (bicyclic) bond motifs is 1. The van der Waals surface area contributed by atoms with Crippen molar-refractivity contribution < 1.29 is 9.53 Å². The summed E-state index contributed by atoms with van der Waals surface area (Å²) in [6.45, 7) is 5.24. The van der Waals surface area contributed by atoms with Gasteiger partial charge in [-0.25, -0.2) is 4.79 Å². The summed E-state index contributed by atoms with van der Waals surface area (Å²) in [6, 6.07) is 27.4. The second-order valence-corrected chi connectivity index (χ2v) is 10.6. The zero-order valence-corrected chi connectivity index (χ0v) is 22.2. The molecule has 1 unspecified atom stereocenters. The van der Waals surface area contributed by atoms with Crippen LogP contribution in [0.25, 0.3) is 10.8 Å². The van der Waals surface area contributed by atoms with Crippen LogP contribution in [0.3, 0.4) is 0 Å². The van der Waals surface area contributed by atoms with Gasteiger partial charge in [-0.05, 0) is 90.0 Å². The predicted octanol–water partition coefficient (Wildman–Crippen LogP) is 8.53. The molecule has 0 aliphatic carbocycles. The van der Waals surface area contributed by atoms with Gasteiger partial charge in [0, 0.05) is 28.7 Å². The molecule has 4 aromatic rings. The van der Waals surface area contributed by atoms with Crippen molar-refractivity contribution >= 4 is 39.9 Å². The number of carbonyl (C=O) groups is 1. The van der Waals surface area contributed by atoms with E-state index in [1.54, 1.807) is 6.07 Å². The normalized spacial score (nSPS) is 18.9. The number of halogens is 2. The molecule has 184 valence electrons. The van der Waals surface area contributed by atoms with E-state index in [4.69, 9.17) is 27.9 Å². The molecule has 5 heteroatoms. The number of hydrogen-bond donors (Lipinski definition) is 0. The lowest BCUT2D eigenvalue weighted by Crippen LogP contribution is -2.27. The molecule has 1 saturated heterocycles. The van der Waals surface area contributed by atoms with Crippen LogP contribution in [0.2, 0.25) is 10.0 Å². The maximum Gasteiger partial charge on any atom is 0.337 e. The number of rotatable bonds is 5. The molecule has 0 N–H and O–H groups in total. The maximum absolute atomic E-state index is 11.9. The standard InChI is InChI=1S/C31H29Cl2NO2/c1-19-4-5-24-13-25(11-10-23(24)12-19)30-16-27(26-14-28(32)17-29(33)15-26)18-34(30)20(2)21-6-8-22(9-7-21)31(35)36-3/h4-15,17,20,27,30H,16,18H2,1-3H3/t20?,27-,30-/m1/s1. The zero-order chi connectivity index (χ0) is 25.4. The quantitative estimate of drug-likeness (QED) is 0.248. The van der Waals surface area contributed by atoms with Crippen LogP contribution in [0.5, 0.6) is 0 Å². The average molecular weight is 518 g/mol. The first-order valence-corrected chi connectivity index (χ1v) is 13.0. The number of likely N-dealkylation sites (tertiary alicyclic amines) is 1. The summed E-state index contributed by atoms with van der Waals surface area (Å²) >= 11 is 12.7. The Morgan fingerprint density at radius 2 is 1.56 bits per heavy atom. The molecular formula is C31H29Cl2NO2. The summed E-state index contributed by atoms with van der Waals surface area (Å²) in [5.41, 5.74) is 5.46. The van der Waals surface area contributed by atoms with Crippen LogP contribution >= 0.6 is 23.2 Å². The highest BCUT2D eigenvalue weighted by molar-refractivity contribution is 6.34. The molecule has 0 radical (unpaired) electrons. The maximum atomic E-state index is 11.9. The van der Waals surface area contributed by atoms with Gasteiger partial charge in [0.05, 0.1) is 12.7 Å². The van der Waals surface area contributed by atoms with E-state index in [2.05, 4.69) is 55.1 Å². The van der Waals surface area contributed by atoms with Crippen molar-refractivity contribution in [2.75, 3.05) is 13.7 Å². The summed E-state index contributed by atoms with van der Waals surface area (Å²) < 4.78 is 4.87. The van der Waals surface area contributed by atoms with E-state index in [1.165, 1.54) is 34.6 Å². The van der Waals surface area contributed by atoms with Crippen molar-refractivity contribution in [2.24, 2.45) is 0 Å². The molecule has 1 fully saturated rings. The third kappa shape index (κ3) is 5.01. The van der Waals surface area contributed by atoms with Gasteiger partial charge in [0.25, 0.3) is 0 Å². The molecule has 1 heterocycles. The fourth-order valence-corrected chi connectivity index (χ4v) is 6.01. The molecule has 0 saturated carbocycles. The first-order valence-electron chi connectivity index (χ1n) is 12.2. The van der Waals surface area contributed by atoms with Gasteiger partial charge in [0.1, 0.15) is 0 Å². The topological polar surface area (TPSA) is 29.5 Å². The fraction of sp³-hybridized carbons (Fsp3) is 0.258. The van der Waals surface area contributed by atoms with Gasteiger partial charge in [-0.1, -0.05) is 71.2 Å². The number of methoxy groups -OCH3 is 1. The highest BCUT2D eigenvalue weighted by Gasteiger charge is 2.37. The Hall–Kier alpha value is -2.85. The summed E-state index contributed by atoms with van der Waals surface area (Å²) in [6.07, 6.45) is 0.971. The van der Waals surface area contributed by atoms with Crippen LogP contribution < -0.4 is 0 Å². The third-order valence-corrected chi connectivity index (χ3v) is 7.85. The number of benzene rings is 4. The van der Waals surface area contributed by atoms with Gasteiger partial charge in [-0.15, -0.1) is 0 Å². The van der Waals surface area contributed by atoms with Crippen molar-refractivity contribution in [1.82, 2.24) is 4.90 Å². The van der Waals surface area contributed by atoms with Crippen molar-refractivity contribution in [3.8, 4) is 0 Å². The smallest absolute Gasteiger partial charge is 0.337 e. The van der Waals surface area contributed by atoms with E-state index in [-0.39, 0.29) is 18.1 Å². The first kappa shape index (κ1) is 24.8. The molecule has 36 heavy (non-hydrogen) atoms. The number of aryl methyl sites for hydroxylation is 1. The number of carbonyl (C=O) groups excluding carboxylic acids is 1. The zero-order valence-electron chi connectivity index (χ0n) is 20.7. The van der Waals surface area contributed by atoms with Gasteiger partial charge < -0.3 is 4.74 Å². The minimum Gasteiger partial charge on any atom is -0.465 e. The van der Waals surface area contributed by atoms with Gasteiger partial charge in [-0.2, -0.15) is 0 Å². The van der Waals surface area contributed by atoms with Crippen LogP contribution in [0.15, 0.2) is 78.9 Å². The van der Waals surface area contributed by atoms with Gasteiger partial charge >= 0.3 is 5.97 Å². The lowest BCUT2D eigenvalue weighted by atomic mass is 9.92. The summed E-state index contributed by atoms with van der Waals surface area (Å²) in [5.74, 6) is -0.0192. The van der Waals surface area contributed by atoms with E-state index in [1.807, 2.05) is 36.4 Å². The second-order valence-electron chi connectivity index (χ2n) is 9.75. The SMILES string of the molecule is COC(=O)c1ccc(C(C)N2C[C@H](c3cc(Cl)cc(Cl)c3)C[C@@H]2c2ccc3cc(C)ccc3c2)cc1. The Kier molecular flexibility index (Phi) is 7.07. The summed E-state index contributed by atoms with van der Waals surface area (Å²) in [5, 5.41) is 3.84. The second kappa shape index (κ2) is 10.3. The van der Waals surface area contributed by atoms with E-state index >= 15 is 0 Å². The third-order valence-electron chi connectivity index (χ3n) is 7.41. The van der Waals surface area contributed by atoms with E-state index in [0.29, 0.717) is 21.5 Å². The minimum atomic E-state index is -0.322. The molecule has 5 rings (SSSR count). The Bertz CT molecular complexity index is 1400. The summed E-state index contributed by atoms with van der Waals surface area (Å²) in [4.78, 5) is 14.5. The molecule has 4 aromatic carbocycles. The van der Waals surface area contributed by atoms with Crippen LogP contribution in [0.4, 0.5) is 0 Å². The molecule has 0 bridgehead atoms. The highest BCUT2D eigenvalue weighted by atomic mass is 35.5. The van der Waals surface area contributed by atoms with Gasteiger partial charge in [0.2, 0.25) is 0 Å². The Morgan fingerprint density at radius 3 is 2.25 bits per heavy atom. The van der Waals surface area contributed by atoms with Gasteiger partial charge in [-0.3, -0.25) is 4.90 Å². The molecule has 0 spiro atoms. The van der Waals surface area contributed by atoms with Crippen molar-refractivity contribution in [1.29, 1.82) is 0 Å². The Labute approximate surface area is 222 Å². The minimum absolute atomic E-state index is 0.148. The molecular weight excluding hydrogens is 489 g/mol. The molecule has 1 aliphatic rings. The lowest BCUT2D eigenvalue weighted by Gasteiger charge is -2.31. The molecule has 1 aliphatic heterocycles. The average Bonchev–Trinajstić information content (AvgIpc) is 3.32. The van der Waals surface area contributed by atoms with Crippen LogP contribution in [-0.2, 0) is 4.74 Å². The van der Waals surface area contributed by atoms with Crippen molar-refractivity contribution in [2.45, 2.75) is 38.3 Å². The Morgan fingerprint density at radius 1 is 0.889 bits per heavy atom. The predicted molar refractivity (Wildman–Crippen MR) is 148 cm³/mol. The van der Waals surface area contributed by atoms with Crippen LogP contribution in [0, 0.1) is 6.92 Å². The lowest BCUT2D eigenvalue weighted by molar-refractivity contribution is 0.0600. The summed E-state index contributed by atoms with van der Waals surface area (Å²) in [7, 11) is 1.40. The van der Waals surface area contributed by atoms with Crippen molar-refractivity contribution in [3.63, 3.8) is 0 Å². The van der Waals surface area contributed by atoms with E-state index in [9.17, 15) is 4.79 Å². The molecule has 3 nitrogen and oxygen atoms in total. The molecule has 0 aromatic heterocycles. The van der Waals surface area contributed by atoms with Gasteiger partial charge in [0.15, 0.2) is 0 Å². The first-order chi connectivity index (χ1) is 17.3. The van der Waals surface area contributed by atoms with Crippen molar-refractivity contribution in [3.05, 3.63) is 117 Å². The number of hydrogen-bond acceptors (Lipinski definition) is 3. The number of nitrogens with zero attached hydrogens (tertiary/aromatic N) is 1. The number of ether oxygens (including phenoxy) is 1.